The third-order valence-corrected chi connectivity index (χ3v) is 3.60. The number of carbonyl (C=O) groups is 1. The third-order valence-electron chi connectivity index (χ3n) is 3.40. The minimum atomic E-state index is -0.464. The molecule has 20 heavy (non-hydrogen) atoms. The molecular formula is C14H21ClN2O3. The standard InChI is InChI=1S/C14H21ClN2O3/c1-4-16-6-10(15)5-12(16)13(19)17-7-11(8-18)20-14(2,3)9-17/h5-6,11,18H,4,7-9H2,1-3H3. The summed E-state index contributed by atoms with van der Waals surface area (Å²) in [6.07, 6.45) is 1.41. The second kappa shape index (κ2) is 5.76. The van der Waals surface area contributed by atoms with Crippen LogP contribution in [0.15, 0.2) is 12.3 Å². The molecule has 0 saturated carbocycles. The van der Waals surface area contributed by atoms with Crippen molar-refractivity contribution >= 4 is 17.5 Å². The van der Waals surface area contributed by atoms with E-state index in [1.807, 2.05) is 25.3 Å². The second-order valence-electron chi connectivity index (χ2n) is 5.70. The zero-order chi connectivity index (χ0) is 14.9. The van der Waals surface area contributed by atoms with Gasteiger partial charge in [0.05, 0.1) is 23.3 Å². The molecule has 6 heteroatoms. The first-order valence-corrected chi connectivity index (χ1v) is 7.17. The van der Waals surface area contributed by atoms with Crippen molar-refractivity contribution in [2.45, 2.75) is 39.0 Å². The first-order chi connectivity index (χ1) is 9.36. The highest BCUT2D eigenvalue weighted by molar-refractivity contribution is 6.31. The Morgan fingerprint density at radius 3 is 2.90 bits per heavy atom. The van der Waals surface area contributed by atoms with Crippen LogP contribution in [-0.4, -0.2) is 51.9 Å². The van der Waals surface area contributed by atoms with Gasteiger partial charge in [0.25, 0.3) is 5.91 Å². The molecule has 2 rings (SSSR count). The maximum absolute atomic E-state index is 12.7. The zero-order valence-electron chi connectivity index (χ0n) is 12.1. The van der Waals surface area contributed by atoms with Crippen LogP contribution in [0.1, 0.15) is 31.3 Å². The molecular weight excluding hydrogens is 280 g/mol. The van der Waals surface area contributed by atoms with Gasteiger partial charge in [-0.2, -0.15) is 0 Å². The number of hydrogen-bond acceptors (Lipinski definition) is 3. The number of hydrogen-bond donors (Lipinski definition) is 1. The number of aliphatic hydroxyl groups is 1. The summed E-state index contributed by atoms with van der Waals surface area (Å²) in [7, 11) is 0. The summed E-state index contributed by atoms with van der Waals surface area (Å²) < 4.78 is 7.56. The van der Waals surface area contributed by atoms with Crippen LogP contribution < -0.4 is 0 Å². The number of morpholine rings is 1. The number of halogens is 1. The van der Waals surface area contributed by atoms with Crippen LogP contribution in [-0.2, 0) is 11.3 Å². The highest BCUT2D eigenvalue weighted by Gasteiger charge is 2.36. The van der Waals surface area contributed by atoms with E-state index < -0.39 is 5.60 Å². The minimum absolute atomic E-state index is 0.0754. The summed E-state index contributed by atoms with van der Waals surface area (Å²) in [6, 6.07) is 1.68. The molecule has 0 spiro atoms. The van der Waals surface area contributed by atoms with Crippen LogP contribution in [0, 0.1) is 0 Å². The lowest BCUT2D eigenvalue weighted by atomic mass is 10.0. The van der Waals surface area contributed by atoms with Gasteiger partial charge in [0.15, 0.2) is 0 Å². The van der Waals surface area contributed by atoms with Crippen molar-refractivity contribution in [1.82, 2.24) is 9.47 Å². The number of rotatable bonds is 3. The van der Waals surface area contributed by atoms with Gasteiger partial charge in [0.1, 0.15) is 5.69 Å². The number of aliphatic hydroxyl groups excluding tert-OH is 1. The maximum Gasteiger partial charge on any atom is 0.270 e. The molecule has 0 bridgehead atoms. The van der Waals surface area contributed by atoms with Crippen LogP contribution in [0.2, 0.25) is 5.02 Å². The average Bonchev–Trinajstić information content (AvgIpc) is 2.77. The summed E-state index contributed by atoms with van der Waals surface area (Å²) in [4.78, 5) is 14.4. The largest absolute Gasteiger partial charge is 0.394 e. The smallest absolute Gasteiger partial charge is 0.270 e. The van der Waals surface area contributed by atoms with Crippen LogP contribution in [0.25, 0.3) is 0 Å². The van der Waals surface area contributed by atoms with E-state index in [2.05, 4.69) is 0 Å². The van der Waals surface area contributed by atoms with E-state index in [0.717, 1.165) is 0 Å². The molecule has 1 aromatic rings. The Kier molecular flexibility index (Phi) is 4.42. The summed E-state index contributed by atoms with van der Waals surface area (Å²) >= 11 is 5.98. The molecule has 1 N–H and O–H groups in total. The van der Waals surface area contributed by atoms with Crippen molar-refractivity contribution in [3.63, 3.8) is 0 Å². The third kappa shape index (κ3) is 3.16. The van der Waals surface area contributed by atoms with Gasteiger partial charge in [-0.05, 0) is 26.8 Å². The summed E-state index contributed by atoms with van der Waals surface area (Å²) in [6.45, 7) is 7.28. The van der Waals surface area contributed by atoms with Gasteiger partial charge in [-0.3, -0.25) is 4.79 Å². The van der Waals surface area contributed by atoms with Crippen LogP contribution in [0.4, 0.5) is 0 Å². The Morgan fingerprint density at radius 1 is 1.60 bits per heavy atom. The lowest BCUT2D eigenvalue weighted by Gasteiger charge is -2.42. The number of carbonyl (C=O) groups excluding carboxylic acids is 1. The molecule has 1 atom stereocenters. The van der Waals surface area contributed by atoms with Crippen LogP contribution in [0.5, 0.6) is 0 Å². The monoisotopic (exact) mass is 300 g/mol. The van der Waals surface area contributed by atoms with Crippen molar-refractivity contribution in [3.05, 3.63) is 23.0 Å². The fourth-order valence-corrected chi connectivity index (χ4v) is 2.84. The number of nitrogens with zero attached hydrogens (tertiary/aromatic N) is 2. The van der Waals surface area contributed by atoms with Crippen molar-refractivity contribution in [2.24, 2.45) is 0 Å². The molecule has 0 radical (unpaired) electrons. The van der Waals surface area contributed by atoms with Gasteiger partial charge < -0.3 is 19.3 Å². The lowest BCUT2D eigenvalue weighted by Crippen LogP contribution is -2.55. The van der Waals surface area contributed by atoms with E-state index in [1.165, 1.54) is 0 Å². The summed E-state index contributed by atoms with van der Waals surface area (Å²) in [5.74, 6) is -0.0754. The predicted octanol–water partition coefficient (Wildman–Crippen LogP) is 1.77. The molecule has 0 aromatic carbocycles. The molecule has 1 fully saturated rings. The average molecular weight is 301 g/mol. The van der Waals surface area contributed by atoms with E-state index in [0.29, 0.717) is 30.4 Å². The molecule has 2 heterocycles. The van der Waals surface area contributed by atoms with Gasteiger partial charge in [-0.15, -0.1) is 0 Å². The summed E-state index contributed by atoms with van der Waals surface area (Å²) in [5, 5.41) is 9.87. The van der Waals surface area contributed by atoms with Gasteiger partial charge >= 0.3 is 0 Å². The lowest BCUT2D eigenvalue weighted by molar-refractivity contribution is -0.139. The van der Waals surface area contributed by atoms with E-state index in [4.69, 9.17) is 16.3 Å². The zero-order valence-corrected chi connectivity index (χ0v) is 12.9. The van der Waals surface area contributed by atoms with Crippen LogP contribution in [0.3, 0.4) is 0 Å². The van der Waals surface area contributed by atoms with Crippen molar-refractivity contribution in [1.29, 1.82) is 0 Å². The predicted molar refractivity (Wildman–Crippen MR) is 77.1 cm³/mol. The van der Waals surface area contributed by atoms with Crippen molar-refractivity contribution in [3.8, 4) is 0 Å². The van der Waals surface area contributed by atoms with Gasteiger partial charge in [0, 0.05) is 25.8 Å². The number of amides is 1. The quantitative estimate of drug-likeness (QED) is 0.926. The molecule has 1 saturated heterocycles. The molecule has 1 unspecified atom stereocenters. The van der Waals surface area contributed by atoms with Gasteiger partial charge in [-0.25, -0.2) is 0 Å². The van der Waals surface area contributed by atoms with E-state index in [9.17, 15) is 9.90 Å². The van der Waals surface area contributed by atoms with Crippen molar-refractivity contribution < 1.29 is 14.6 Å². The maximum atomic E-state index is 12.7. The number of ether oxygens (including phenoxy) is 1. The summed E-state index contributed by atoms with van der Waals surface area (Å²) in [5.41, 5.74) is 0.112. The SMILES string of the molecule is CCn1cc(Cl)cc1C(=O)N1CC(CO)OC(C)(C)C1. The number of aryl methyl sites for hydroxylation is 1. The van der Waals surface area contributed by atoms with Gasteiger partial charge in [0.2, 0.25) is 0 Å². The van der Waals surface area contributed by atoms with E-state index in [-0.39, 0.29) is 18.6 Å². The normalized spacial score (nSPS) is 22.1. The molecule has 0 aliphatic carbocycles. The molecule has 1 aliphatic rings. The second-order valence-corrected chi connectivity index (χ2v) is 6.13. The topological polar surface area (TPSA) is 54.7 Å². The minimum Gasteiger partial charge on any atom is -0.394 e. The highest BCUT2D eigenvalue weighted by atomic mass is 35.5. The molecule has 1 amide bonds. The fraction of sp³-hybridized carbons (Fsp3) is 0.643. The van der Waals surface area contributed by atoms with E-state index >= 15 is 0 Å². The fourth-order valence-electron chi connectivity index (χ4n) is 2.62. The van der Waals surface area contributed by atoms with E-state index in [1.54, 1.807) is 17.2 Å². The molecule has 1 aromatic heterocycles. The highest BCUT2D eigenvalue weighted by Crippen LogP contribution is 2.24. The van der Waals surface area contributed by atoms with Crippen molar-refractivity contribution in [2.75, 3.05) is 19.7 Å². The first kappa shape index (κ1) is 15.4. The molecule has 112 valence electrons. The molecule has 5 nitrogen and oxygen atoms in total. The Hall–Kier alpha value is -1.04. The Balaban J connectivity index is 2.23. The Labute approximate surface area is 124 Å². The Morgan fingerprint density at radius 2 is 2.30 bits per heavy atom. The van der Waals surface area contributed by atoms with Crippen LogP contribution >= 0.6 is 11.6 Å². The Bertz CT molecular complexity index is 499. The first-order valence-electron chi connectivity index (χ1n) is 6.80. The number of aromatic nitrogens is 1. The molecule has 1 aliphatic heterocycles. The van der Waals surface area contributed by atoms with Gasteiger partial charge in [-0.1, -0.05) is 11.6 Å².